The van der Waals surface area contributed by atoms with E-state index in [1.165, 1.54) is 11.3 Å². The van der Waals surface area contributed by atoms with Crippen LogP contribution in [0.25, 0.3) is 10.2 Å². The summed E-state index contributed by atoms with van der Waals surface area (Å²) < 4.78 is 13.6. The average Bonchev–Trinajstić information content (AvgIpc) is 3.19. The Balaban J connectivity index is 1.47. The van der Waals surface area contributed by atoms with Gasteiger partial charge in [0.1, 0.15) is 11.6 Å². The van der Waals surface area contributed by atoms with E-state index in [0.29, 0.717) is 5.56 Å². The third-order valence-electron chi connectivity index (χ3n) is 4.45. The third-order valence-corrected chi connectivity index (χ3v) is 5.46. The maximum absolute atomic E-state index is 12.4. The van der Waals surface area contributed by atoms with Crippen molar-refractivity contribution >= 4 is 33.3 Å². The minimum absolute atomic E-state index is 0.209. The first kappa shape index (κ1) is 20.2. The predicted octanol–water partition coefficient (Wildman–Crippen LogP) is 4.24. The van der Waals surface area contributed by atoms with Gasteiger partial charge in [-0.2, -0.15) is 0 Å². The second-order valence-corrected chi connectivity index (χ2v) is 8.02. The van der Waals surface area contributed by atoms with Crippen LogP contribution < -0.4 is 0 Å². The number of ketones is 1. The van der Waals surface area contributed by atoms with Gasteiger partial charge in [-0.25, -0.2) is 9.78 Å². The Morgan fingerprint density at radius 3 is 2.61 bits per heavy atom. The molecule has 0 saturated heterocycles. The lowest BCUT2D eigenvalue weighted by Crippen LogP contribution is -2.18. The lowest BCUT2D eigenvalue weighted by atomic mass is 10.1. The number of aromatic nitrogens is 2. The van der Waals surface area contributed by atoms with Crippen LogP contribution in [0.1, 0.15) is 46.6 Å². The molecule has 3 rings (SSSR count). The molecule has 6 nitrogen and oxygen atoms in total. The Hall–Kier alpha value is -2.51. The number of hydrogen-bond acceptors (Lipinski definition) is 6. The minimum Gasteiger partial charge on any atom is -0.456 e. The van der Waals surface area contributed by atoms with E-state index in [2.05, 4.69) is 23.4 Å². The standard InChI is InChI=1S/C21H24N2O4S/c1-13(2)23-14(3)9-16(15(23)4)18(24)10-27-21(25)12-26-11-20-22-17-7-5-6-8-19(17)28-20/h5-9,13H,10-12H2,1-4H3. The first-order valence-electron chi connectivity index (χ1n) is 9.16. The molecule has 0 aliphatic heterocycles. The summed E-state index contributed by atoms with van der Waals surface area (Å²) in [6, 6.07) is 9.92. The predicted molar refractivity (Wildman–Crippen MR) is 109 cm³/mol. The van der Waals surface area contributed by atoms with E-state index >= 15 is 0 Å². The Morgan fingerprint density at radius 2 is 1.93 bits per heavy atom. The SMILES string of the molecule is Cc1cc(C(=O)COC(=O)COCc2nc3ccccc3s2)c(C)n1C(C)C. The number of benzene rings is 1. The molecule has 0 amide bonds. The number of para-hydroxylation sites is 1. The summed E-state index contributed by atoms with van der Waals surface area (Å²) in [5.74, 6) is -0.772. The quantitative estimate of drug-likeness (QED) is 0.418. The number of ether oxygens (including phenoxy) is 2. The van der Waals surface area contributed by atoms with Crippen molar-refractivity contribution in [3.63, 3.8) is 0 Å². The Labute approximate surface area is 168 Å². The van der Waals surface area contributed by atoms with Crippen LogP contribution in [0.15, 0.2) is 30.3 Å². The Bertz CT molecular complexity index is 970. The molecule has 0 fully saturated rings. The number of rotatable bonds is 8. The Kier molecular flexibility index (Phi) is 6.26. The molecule has 0 saturated carbocycles. The Morgan fingerprint density at radius 1 is 1.18 bits per heavy atom. The first-order chi connectivity index (χ1) is 13.4. The van der Waals surface area contributed by atoms with Crippen molar-refractivity contribution in [1.29, 1.82) is 0 Å². The molecule has 7 heteroatoms. The molecule has 2 aromatic heterocycles. The van der Waals surface area contributed by atoms with Crippen LogP contribution in [0.5, 0.6) is 0 Å². The maximum atomic E-state index is 12.4. The minimum atomic E-state index is -0.563. The van der Waals surface area contributed by atoms with Crippen molar-refractivity contribution in [3.8, 4) is 0 Å². The van der Waals surface area contributed by atoms with Crippen LogP contribution in [0.2, 0.25) is 0 Å². The molecule has 0 aliphatic rings. The van der Waals surface area contributed by atoms with Crippen LogP contribution in [0, 0.1) is 13.8 Å². The summed E-state index contributed by atoms with van der Waals surface area (Å²) in [5.41, 5.74) is 3.41. The smallest absolute Gasteiger partial charge is 0.332 e. The number of fused-ring (bicyclic) bond motifs is 1. The highest BCUT2D eigenvalue weighted by Crippen LogP contribution is 2.22. The van der Waals surface area contributed by atoms with E-state index in [1.807, 2.05) is 44.2 Å². The molecule has 0 N–H and O–H groups in total. The third kappa shape index (κ3) is 4.48. The van der Waals surface area contributed by atoms with Gasteiger partial charge in [-0.15, -0.1) is 11.3 Å². The highest BCUT2D eigenvalue weighted by molar-refractivity contribution is 7.18. The van der Waals surface area contributed by atoms with Gasteiger partial charge >= 0.3 is 5.97 Å². The van der Waals surface area contributed by atoms with Crippen molar-refractivity contribution in [2.24, 2.45) is 0 Å². The molecule has 0 bridgehead atoms. The lowest BCUT2D eigenvalue weighted by molar-refractivity contribution is -0.148. The molecule has 28 heavy (non-hydrogen) atoms. The lowest BCUT2D eigenvalue weighted by Gasteiger charge is -2.13. The summed E-state index contributed by atoms with van der Waals surface area (Å²) in [7, 11) is 0. The van der Waals surface area contributed by atoms with Crippen LogP contribution >= 0.6 is 11.3 Å². The number of esters is 1. The molecule has 0 unspecified atom stereocenters. The van der Waals surface area contributed by atoms with Crippen molar-refractivity contribution in [1.82, 2.24) is 9.55 Å². The van der Waals surface area contributed by atoms with Gasteiger partial charge < -0.3 is 14.0 Å². The summed E-state index contributed by atoms with van der Waals surface area (Å²) in [6.45, 7) is 7.74. The van der Waals surface area contributed by atoms with Crippen molar-refractivity contribution in [3.05, 3.63) is 52.3 Å². The normalized spacial score (nSPS) is 11.3. The van der Waals surface area contributed by atoms with Gasteiger partial charge in [-0.05, 0) is 45.9 Å². The zero-order valence-corrected chi connectivity index (χ0v) is 17.3. The van der Waals surface area contributed by atoms with Crippen LogP contribution in [-0.2, 0) is 20.9 Å². The zero-order chi connectivity index (χ0) is 20.3. The first-order valence-corrected chi connectivity index (χ1v) is 9.98. The van der Waals surface area contributed by atoms with Crippen molar-refractivity contribution in [2.75, 3.05) is 13.2 Å². The number of carbonyl (C=O) groups excluding carboxylic acids is 2. The molecule has 0 spiro atoms. The molecule has 0 atom stereocenters. The highest BCUT2D eigenvalue weighted by Gasteiger charge is 2.18. The van der Waals surface area contributed by atoms with E-state index in [0.717, 1.165) is 26.6 Å². The average molecular weight is 401 g/mol. The van der Waals surface area contributed by atoms with Crippen molar-refractivity contribution < 1.29 is 19.1 Å². The topological polar surface area (TPSA) is 70.4 Å². The number of nitrogens with zero attached hydrogens (tertiary/aromatic N) is 2. The van der Waals surface area contributed by atoms with E-state index in [4.69, 9.17) is 9.47 Å². The summed E-state index contributed by atoms with van der Waals surface area (Å²) >= 11 is 1.53. The number of Topliss-reactive ketones (excluding diaryl/α,β-unsaturated/α-hetero) is 1. The van der Waals surface area contributed by atoms with Gasteiger partial charge in [0.25, 0.3) is 0 Å². The molecule has 3 aromatic rings. The van der Waals surface area contributed by atoms with Gasteiger partial charge in [0, 0.05) is 23.0 Å². The van der Waals surface area contributed by atoms with E-state index in [1.54, 1.807) is 0 Å². The number of hydrogen-bond donors (Lipinski definition) is 0. The number of thiazole rings is 1. The van der Waals surface area contributed by atoms with E-state index in [9.17, 15) is 9.59 Å². The molecule has 0 aliphatic carbocycles. The van der Waals surface area contributed by atoms with Gasteiger partial charge in [0.15, 0.2) is 6.61 Å². The largest absolute Gasteiger partial charge is 0.456 e. The molecule has 2 heterocycles. The van der Waals surface area contributed by atoms with Crippen LogP contribution in [0.3, 0.4) is 0 Å². The molecular formula is C21H24N2O4S. The summed E-state index contributed by atoms with van der Waals surface area (Å²) in [6.07, 6.45) is 0. The fourth-order valence-corrected chi connectivity index (χ4v) is 4.23. The van der Waals surface area contributed by atoms with Gasteiger partial charge in [0.2, 0.25) is 5.78 Å². The van der Waals surface area contributed by atoms with Gasteiger partial charge in [0.05, 0.1) is 16.8 Å². The number of carbonyl (C=O) groups is 2. The number of aryl methyl sites for hydroxylation is 1. The maximum Gasteiger partial charge on any atom is 0.332 e. The molecular weight excluding hydrogens is 376 g/mol. The molecule has 1 aromatic carbocycles. The van der Waals surface area contributed by atoms with E-state index in [-0.39, 0.29) is 31.6 Å². The highest BCUT2D eigenvalue weighted by atomic mass is 32.1. The molecule has 0 radical (unpaired) electrons. The van der Waals surface area contributed by atoms with E-state index < -0.39 is 5.97 Å². The molecule has 148 valence electrons. The van der Waals surface area contributed by atoms with Gasteiger partial charge in [-0.1, -0.05) is 12.1 Å². The van der Waals surface area contributed by atoms with Crippen LogP contribution in [-0.4, -0.2) is 34.5 Å². The fourth-order valence-electron chi connectivity index (χ4n) is 3.32. The van der Waals surface area contributed by atoms with Gasteiger partial charge in [-0.3, -0.25) is 4.79 Å². The summed E-state index contributed by atoms with van der Waals surface area (Å²) in [5, 5.41) is 0.797. The second kappa shape index (κ2) is 8.67. The summed E-state index contributed by atoms with van der Waals surface area (Å²) in [4.78, 5) is 28.7. The van der Waals surface area contributed by atoms with Crippen LogP contribution in [0.4, 0.5) is 0 Å². The van der Waals surface area contributed by atoms with Crippen molar-refractivity contribution in [2.45, 2.75) is 40.3 Å². The fraction of sp³-hybridized carbons (Fsp3) is 0.381. The second-order valence-electron chi connectivity index (χ2n) is 6.90. The monoisotopic (exact) mass is 400 g/mol. The zero-order valence-electron chi connectivity index (χ0n) is 16.5.